The maximum absolute atomic E-state index is 11.5. The molecular weight excluding hydrogens is 240 g/mol. The zero-order valence-electron chi connectivity index (χ0n) is 8.45. The largest absolute Gasteiger partial charge is 0.333 e. The molecule has 3 aromatic heterocycles. The molecule has 0 fully saturated rings. The van der Waals surface area contributed by atoms with Crippen LogP contribution in [0.1, 0.15) is 0 Å². The van der Waals surface area contributed by atoms with Gasteiger partial charge in [-0.25, -0.2) is 4.98 Å². The molecule has 0 aliphatic rings. The predicted molar refractivity (Wildman–Crippen MR) is 61.5 cm³/mol. The number of aromatic amines is 1. The molecule has 7 heteroatoms. The van der Waals surface area contributed by atoms with Gasteiger partial charge in [-0.1, -0.05) is 5.16 Å². The van der Waals surface area contributed by atoms with Gasteiger partial charge in [0.1, 0.15) is 5.56 Å². The molecule has 0 atom stereocenters. The summed E-state index contributed by atoms with van der Waals surface area (Å²) < 4.78 is 5.04. The van der Waals surface area contributed by atoms with Crippen molar-refractivity contribution in [2.75, 3.05) is 0 Å². The lowest BCUT2D eigenvalue weighted by Gasteiger charge is -1.89. The van der Waals surface area contributed by atoms with Crippen molar-refractivity contribution in [3.8, 4) is 22.8 Å². The first-order valence-electron chi connectivity index (χ1n) is 4.74. The normalized spacial score (nSPS) is 10.6. The monoisotopic (exact) mass is 246 g/mol. The molecule has 0 aromatic carbocycles. The molecular formula is C10H6N4O2S. The Labute approximate surface area is 99.0 Å². The van der Waals surface area contributed by atoms with Gasteiger partial charge in [-0.2, -0.15) is 16.3 Å². The molecule has 3 aromatic rings. The van der Waals surface area contributed by atoms with Gasteiger partial charge >= 0.3 is 0 Å². The molecule has 0 saturated carbocycles. The van der Waals surface area contributed by atoms with Crippen molar-refractivity contribution in [2.45, 2.75) is 0 Å². The summed E-state index contributed by atoms with van der Waals surface area (Å²) in [5, 5.41) is 7.64. The zero-order valence-corrected chi connectivity index (χ0v) is 9.27. The molecule has 0 saturated heterocycles. The molecule has 0 spiro atoms. The van der Waals surface area contributed by atoms with E-state index in [9.17, 15) is 4.79 Å². The average Bonchev–Trinajstić information content (AvgIpc) is 3.00. The van der Waals surface area contributed by atoms with E-state index in [2.05, 4.69) is 20.1 Å². The SMILES string of the molecule is O=c1[nH]cncc1-c1nc(-c2ccsc2)no1. The van der Waals surface area contributed by atoms with Crippen molar-refractivity contribution >= 4 is 11.3 Å². The number of nitrogens with one attached hydrogen (secondary N) is 1. The summed E-state index contributed by atoms with van der Waals surface area (Å²) in [6.07, 6.45) is 2.70. The smallest absolute Gasteiger partial charge is 0.265 e. The first kappa shape index (κ1) is 9.91. The predicted octanol–water partition coefficient (Wildman–Crippen LogP) is 1.55. The van der Waals surface area contributed by atoms with Crippen LogP contribution in [0.15, 0.2) is 38.7 Å². The van der Waals surface area contributed by atoms with Crippen LogP contribution in [-0.2, 0) is 0 Å². The molecule has 6 nitrogen and oxygen atoms in total. The Morgan fingerprint density at radius 3 is 3.12 bits per heavy atom. The Morgan fingerprint density at radius 2 is 2.35 bits per heavy atom. The molecule has 0 radical (unpaired) electrons. The molecule has 1 N–H and O–H groups in total. The van der Waals surface area contributed by atoms with E-state index in [4.69, 9.17) is 4.52 Å². The van der Waals surface area contributed by atoms with Crippen LogP contribution in [-0.4, -0.2) is 20.1 Å². The van der Waals surface area contributed by atoms with Crippen LogP contribution in [0, 0.1) is 0 Å². The second kappa shape index (κ2) is 3.95. The lowest BCUT2D eigenvalue weighted by atomic mass is 10.3. The van der Waals surface area contributed by atoms with Gasteiger partial charge in [0.2, 0.25) is 5.82 Å². The summed E-state index contributed by atoms with van der Waals surface area (Å²) in [6, 6.07) is 1.88. The number of aromatic nitrogens is 4. The van der Waals surface area contributed by atoms with Gasteiger partial charge < -0.3 is 9.51 Å². The number of thiophene rings is 1. The van der Waals surface area contributed by atoms with Gasteiger partial charge in [0, 0.05) is 17.1 Å². The Bertz CT molecular complexity index is 686. The fraction of sp³-hybridized carbons (Fsp3) is 0. The summed E-state index contributed by atoms with van der Waals surface area (Å²) in [4.78, 5) is 21.9. The summed E-state index contributed by atoms with van der Waals surface area (Å²) in [7, 11) is 0. The minimum Gasteiger partial charge on any atom is -0.333 e. The van der Waals surface area contributed by atoms with Crippen LogP contribution in [0.2, 0.25) is 0 Å². The van der Waals surface area contributed by atoms with E-state index in [1.165, 1.54) is 12.5 Å². The maximum Gasteiger partial charge on any atom is 0.265 e. The van der Waals surface area contributed by atoms with E-state index in [1.54, 1.807) is 11.3 Å². The molecule has 3 rings (SSSR count). The molecule has 0 amide bonds. The number of nitrogens with zero attached hydrogens (tertiary/aromatic N) is 3. The molecule has 0 aliphatic carbocycles. The molecule has 0 unspecified atom stereocenters. The second-order valence-corrected chi connectivity index (χ2v) is 4.01. The third kappa shape index (κ3) is 1.76. The van der Waals surface area contributed by atoms with E-state index in [0.717, 1.165) is 5.56 Å². The molecule has 0 aliphatic heterocycles. The van der Waals surface area contributed by atoms with Crippen molar-refractivity contribution < 1.29 is 4.52 Å². The summed E-state index contributed by atoms with van der Waals surface area (Å²) >= 11 is 1.54. The summed E-state index contributed by atoms with van der Waals surface area (Å²) in [5.41, 5.74) is 0.826. The highest BCUT2D eigenvalue weighted by Gasteiger charge is 2.13. The number of hydrogen-bond donors (Lipinski definition) is 1. The topological polar surface area (TPSA) is 84.7 Å². The van der Waals surface area contributed by atoms with Crippen molar-refractivity contribution in [2.24, 2.45) is 0 Å². The fourth-order valence-electron chi connectivity index (χ4n) is 1.34. The first-order valence-corrected chi connectivity index (χ1v) is 5.68. The minimum atomic E-state index is -0.305. The van der Waals surface area contributed by atoms with Gasteiger partial charge in [0.25, 0.3) is 11.4 Å². The Balaban J connectivity index is 2.07. The highest BCUT2D eigenvalue weighted by Crippen LogP contribution is 2.21. The minimum absolute atomic E-state index is 0.167. The van der Waals surface area contributed by atoms with Crippen LogP contribution in [0.25, 0.3) is 22.8 Å². The zero-order chi connectivity index (χ0) is 11.7. The van der Waals surface area contributed by atoms with Gasteiger partial charge in [0.05, 0.1) is 6.33 Å². The third-order valence-electron chi connectivity index (χ3n) is 2.15. The van der Waals surface area contributed by atoms with Crippen molar-refractivity contribution in [1.29, 1.82) is 0 Å². The highest BCUT2D eigenvalue weighted by molar-refractivity contribution is 7.08. The molecule has 84 valence electrons. The standard InChI is InChI=1S/C10H6N4O2S/c15-9-7(3-11-5-12-9)10-13-8(14-16-10)6-1-2-17-4-6/h1-5H,(H,11,12,15). The van der Waals surface area contributed by atoms with Crippen LogP contribution in [0.4, 0.5) is 0 Å². The van der Waals surface area contributed by atoms with Crippen LogP contribution in [0.3, 0.4) is 0 Å². The third-order valence-corrected chi connectivity index (χ3v) is 2.84. The van der Waals surface area contributed by atoms with Crippen molar-refractivity contribution in [3.63, 3.8) is 0 Å². The number of hydrogen-bond acceptors (Lipinski definition) is 6. The van der Waals surface area contributed by atoms with Gasteiger partial charge in [0.15, 0.2) is 0 Å². The lowest BCUT2D eigenvalue weighted by Crippen LogP contribution is -2.08. The average molecular weight is 246 g/mol. The molecule has 17 heavy (non-hydrogen) atoms. The van der Waals surface area contributed by atoms with E-state index in [0.29, 0.717) is 5.82 Å². The maximum atomic E-state index is 11.5. The van der Waals surface area contributed by atoms with E-state index < -0.39 is 0 Å². The van der Waals surface area contributed by atoms with Crippen molar-refractivity contribution in [3.05, 3.63) is 39.7 Å². The fourth-order valence-corrected chi connectivity index (χ4v) is 1.97. The number of rotatable bonds is 2. The quantitative estimate of drug-likeness (QED) is 0.741. The van der Waals surface area contributed by atoms with Gasteiger partial charge in [-0.05, 0) is 11.4 Å². The summed E-state index contributed by atoms with van der Waals surface area (Å²) in [5.74, 6) is 0.630. The van der Waals surface area contributed by atoms with Crippen molar-refractivity contribution in [1.82, 2.24) is 20.1 Å². The molecule has 3 heterocycles. The number of H-pyrrole nitrogens is 1. The lowest BCUT2D eigenvalue weighted by molar-refractivity contribution is 0.431. The van der Waals surface area contributed by atoms with E-state index >= 15 is 0 Å². The Morgan fingerprint density at radius 1 is 1.41 bits per heavy atom. The van der Waals surface area contributed by atoms with Gasteiger partial charge in [-0.3, -0.25) is 4.79 Å². The molecule has 0 bridgehead atoms. The van der Waals surface area contributed by atoms with Gasteiger partial charge in [-0.15, -0.1) is 0 Å². The van der Waals surface area contributed by atoms with E-state index in [1.807, 2.05) is 16.8 Å². The Kier molecular flexibility index (Phi) is 2.30. The van der Waals surface area contributed by atoms with Crippen LogP contribution < -0.4 is 5.56 Å². The Hall–Kier alpha value is -2.28. The van der Waals surface area contributed by atoms with E-state index in [-0.39, 0.29) is 17.0 Å². The first-order chi connectivity index (χ1) is 8.34. The second-order valence-electron chi connectivity index (χ2n) is 3.23. The van der Waals surface area contributed by atoms with Crippen LogP contribution in [0.5, 0.6) is 0 Å². The van der Waals surface area contributed by atoms with Crippen LogP contribution >= 0.6 is 11.3 Å². The summed E-state index contributed by atoms with van der Waals surface area (Å²) in [6.45, 7) is 0. The highest BCUT2D eigenvalue weighted by atomic mass is 32.1.